The van der Waals surface area contributed by atoms with E-state index >= 15 is 0 Å². The SMILES string of the molecule is C[C@@H]1[C@H](N)CCCN1c1nnc(C(N)=O)c(Nc2ccc(C3CCN(C4CC4)CC3)cc2)n1. The molecule has 2 atom stereocenters. The fourth-order valence-corrected chi connectivity index (χ4v) is 5.16. The third-order valence-electron chi connectivity index (χ3n) is 7.45. The number of nitrogens with two attached hydrogens (primary N) is 2. The molecule has 1 saturated carbocycles. The lowest BCUT2D eigenvalue weighted by atomic mass is 9.89. The standard InChI is InChI=1S/C24H34N8O/c1-15-20(25)3-2-12-32(15)24-28-23(21(22(26)33)29-30-24)27-18-6-4-16(5-7-18)17-10-13-31(14-11-17)19-8-9-19/h4-7,15,17,19-20H,2-3,8-14,25H2,1H3,(H2,26,33)(H,27,28,30)/t15-,20-/m1/s1. The van der Waals surface area contributed by atoms with Crippen molar-refractivity contribution in [3.63, 3.8) is 0 Å². The highest BCUT2D eigenvalue weighted by molar-refractivity contribution is 5.96. The van der Waals surface area contributed by atoms with E-state index in [-0.39, 0.29) is 17.8 Å². The number of rotatable bonds is 6. The number of nitrogens with zero attached hydrogens (tertiary/aromatic N) is 5. The van der Waals surface area contributed by atoms with Crippen LogP contribution in [0.25, 0.3) is 0 Å². The van der Waals surface area contributed by atoms with E-state index in [0.717, 1.165) is 31.1 Å². The Bertz CT molecular complexity index is 984. The second-order valence-electron chi connectivity index (χ2n) is 9.70. The highest BCUT2D eigenvalue weighted by atomic mass is 16.1. The fraction of sp³-hybridized carbons (Fsp3) is 0.583. The molecule has 3 heterocycles. The molecule has 5 N–H and O–H groups in total. The number of hydrogen-bond acceptors (Lipinski definition) is 8. The van der Waals surface area contributed by atoms with Crippen molar-refractivity contribution in [1.82, 2.24) is 20.1 Å². The zero-order valence-corrected chi connectivity index (χ0v) is 19.3. The molecule has 3 aliphatic rings. The van der Waals surface area contributed by atoms with Crippen molar-refractivity contribution in [1.29, 1.82) is 0 Å². The first kappa shape index (κ1) is 22.0. The summed E-state index contributed by atoms with van der Waals surface area (Å²) in [6.45, 7) is 5.27. The third-order valence-corrected chi connectivity index (χ3v) is 7.45. The molecule has 2 aromatic rings. The Balaban J connectivity index is 1.31. The Kier molecular flexibility index (Phi) is 6.16. The van der Waals surface area contributed by atoms with E-state index in [9.17, 15) is 4.79 Å². The molecule has 2 saturated heterocycles. The molecule has 1 aromatic heterocycles. The summed E-state index contributed by atoms with van der Waals surface area (Å²) >= 11 is 0. The molecule has 3 fully saturated rings. The number of carbonyl (C=O) groups excluding carboxylic acids is 1. The molecular weight excluding hydrogens is 416 g/mol. The summed E-state index contributed by atoms with van der Waals surface area (Å²) in [5, 5.41) is 11.5. The Labute approximate surface area is 194 Å². The smallest absolute Gasteiger partial charge is 0.273 e. The number of carbonyl (C=O) groups is 1. The van der Waals surface area contributed by atoms with Gasteiger partial charge in [0.15, 0.2) is 11.5 Å². The van der Waals surface area contributed by atoms with Crippen LogP contribution in [0.3, 0.4) is 0 Å². The minimum Gasteiger partial charge on any atom is -0.364 e. The van der Waals surface area contributed by atoms with Crippen molar-refractivity contribution >= 4 is 23.4 Å². The topological polar surface area (TPSA) is 126 Å². The molecule has 0 unspecified atom stereocenters. The lowest BCUT2D eigenvalue weighted by molar-refractivity contribution is 0.0995. The molecule has 0 spiro atoms. The summed E-state index contributed by atoms with van der Waals surface area (Å²) in [7, 11) is 0. The van der Waals surface area contributed by atoms with Crippen LogP contribution in [0, 0.1) is 0 Å². The maximum atomic E-state index is 12.0. The number of hydrogen-bond donors (Lipinski definition) is 3. The molecule has 1 amide bonds. The third kappa shape index (κ3) is 4.79. The van der Waals surface area contributed by atoms with E-state index in [2.05, 4.69) is 44.5 Å². The summed E-state index contributed by atoms with van der Waals surface area (Å²) in [5.41, 5.74) is 14.0. The van der Waals surface area contributed by atoms with E-state index in [0.29, 0.717) is 17.7 Å². The Morgan fingerprint density at radius 1 is 1.03 bits per heavy atom. The van der Waals surface area contributed by atoms with Gasteiger partial charge < -0.3 is 26.6 Å². The van der Waals surface area contributed by atoms with E-state index in [1.54, 1.807) is 0 Å². The monoisotopic (exact) mass is 450 g/mol. The second-order valence-corrected chi connectivity index (χ2v) is 9.70. The van der Waals surface area contributed by atoms with Crippen molar-refractivity contribution < 1.29 is 4.79 Å². The minimum atomic E-state index is -0.661. The van der Waals surface area contributed by atoms with Crippen LogP contribution in [0.5, 0.6) is 0 Å². The Morgan fingerprint density at radius 3 is 2.42 bits per heavy atom. The number of primary amides is 1. The normalized spacial score (nSPS) is 24.6. The van der Waals surface area contributed by atoms with E-state index in [1.807, 2.05) is 17.0 Å². The van der Waals surface area contributed by atoms with Gasteiger partial charge in [-0.2, -0.15) is 4.98 Å². The molecule has 0 bridgehead atoms. The number of amides is 1. The lowest BCUT2D eigenvalue weighted by Crippen LogP contribution is -2.51. The van der Waals surface area contributed by atoms with Gasteiger partial charge in [-0.1, -0.05) is 12.1 Å². The average molecular weight is 451 g/mol. The van der Waals surface area contributed by atoms with Gasteiger partial charge in [-0.05, 0) is 82.2 Å². The summed E-state index contributed by atoms with van der Waals surface area (Å²) in [5.74, 6) is 0.729. The van der Waals surface area contributed by atoms with Crippen LogP contribution in [0.4, 0.5) is 17.5 Å². The van der Waals surface area contributed by atoms with Crippen molar-refractivity contribution in [2.24, 2.45) is 11.5 Å². The van der Waals surface area contributed by atoms with Crippen molar-refractivity contribution in [3.05, 3.63) is 35.5 Å². The number of aromatic nitrogens is 3. The molecule has 9 heteroatoms. The highest BCUT2D eigenvalue weighted by Gasteiger charge is 2.32. The van der Waals surface area contributed by atoms with Gasteiger partial charge in [0.2, 0.25) is 5.95 Å². The second kappa shape index (κ2) is 9.23. The van der Waals surface area contributed by atoms with Gasteiger partial charge in [0.1, 0.15) is 0 Å². The van der Waals surface area contributed by atoms with Gasteiger partial charge in [-0.15, -0.1) is 10.2 Å². The summed E-state index contributed by atoms with van der Waals surface area (Å²) in [6.07, 6.45) is 7.12. The van der Waals surface area contributed by atoms with Gasteiger partial charge in [-0.25, -0.2) is 0 Å². The zero-order valence-electron chi connectivity index (χ0n) is 19.3. The maximum Gasteiger partial charge on any atom is 0.273 e. The number of likely N-dealkylation sites (tertiary alicyclic amines) is 1. The van der Waals surface area contributed by atoms with Crippen LogP contribution >= 0.6 is 0 Å². The minimum absolute atomic E-state index is 0.0317. The number of nitrogens with one attached hydrogen (secondary N) is 1. The fourth-order valence-electron chi connectivity index (χ4n) is 5.16. The Morgan fingerprint density at radius 2 is 1.76 bits per heavy atom. The number of piperidine rings is 2. The molecule has 176 valence electrons. The molecule has 1 aromatic carbocycles. The maximum absolute atomic E-state index is 12.0. The number of anilines is 3. The summed E-state index contributed by atoms with van der Waals surface area (Å²) in [6, 6.07) is 9.42. The first-order chi connectivity index (χ1) is 16.0. The quantitative estimate of drug-likeness (QED) is 0.612. The van der Waals surface area contributed by atoms with Gasteiger partial charge in [0, 0.05) is 30.4 Å². The Hall–Kier alpha value is -2.78. The van der Waals surface area contributed by atoms with Crippen molar-refractivity contribution in [2.75, 3.05) is 29.9 Å². The molecule has 9 nitrogen and oxygen atoms in total. The number of benzene rings is 1. The predicted molar refractivity (Wildman–Crippen MR) is 129 cm³/mol. The summed E-state index contributed by atoms with van der Waals surface area (Å²) in [4.78, 5) is 21.3. The average Bonchev–Trinajstić information content (AvgIpc) is 3.67. The first-order valence-electron chi connectivity index (χ1n) is 12.2. The van der Waals surface area contributed by atoms with E-state index in [1.165, 1.54) is 44.3 Å². The molecule has 5 rings (SSSR count). The molecule has 1 aliphatic carbocycles. The lowest BCUT2D eigenvalue weighted by Gasteiger charge is -2.37. The molecule has 33 heavy (non-hydrogen) atoms. The zero-order chi connectivity index (χ0) is 22.9. The van der Waals surface area contributed by atoms with Gasteiger partial charge in [0.25, 0.3) is 5.91 Å². The largest absolute Gasteiger partial charge is 0.364 e. The first-order valence-corrected chi connectivity index (χ1v) is 12.2. The highest BCUT2D eigenvalue weighted by Crippen LogP contribution is 2.35. The van der Waals surface area contributed by atoms with E-state index < -0.39 is 5.91 Å². The van der Waals surface area contributed by atoms with Gasteiger partial charge in [0.05, 0.1) is 0 Å². The van der Waals surface area contributed by atoms with Gasteiger partial charge in [-0.3, -0.25) is 4.79 Å². The van der Waals surface area contributed by atoms with Crippen LogP contribution < -0.4 is 21.7 Å². The van der Waals surface area contributed by atoms with Crippen LogP contribution in [0.1, 0.15) is 67.4 Å². The molecule has 2 aliphatic heterocycles. The van der Waals surface area contributed by atoms with Crippen LogP contribution in [-0.4, -0.2) is 63.7 Å². The summed E-state index contributed by atoms with van der Waals surface area (Å²) < 4.78 is 0. The van der Waals surface area contributed by atoms with Crippen LogP contribution in [0.15, 0.2) is 24.3 Å². The molecular formula is C24H34N8O. The van der Waals surface area contributed by atoms with Gasteiger partial charge >= 0.3 is 0 Å². The van der Waals surface area contributed by atoms with Crippen LogP contribution in [0.2, 0.25) is 0 Å². The predicted octanol–water partition coefficient (Wildman–Crippen LogP) is 2.37. The van der Waals surface area contributed by atoms with Crippen molar-refractivity contribution in [3.8, 4) is 0 Å². The van der Waals surface area contributed by atoms with Crippen LogP contribution in [-0.2, 0) is 0 Å². The van der Waals surface area contributed by atoms with E-state index in [4.69, 9.17) is 11.5 Å². The van der Waals surface area contributed by atoms with Crippen molar-refractivity contribution in [2.45, 2.75) is 69.5 Å². The molecule has 0 radical (unpaired) electrons.